The molecule has 2 unspecified atom stereocenters. The van der Waals surface area contributed by atoms with Gasteiger partial charge in [0.05, 0.1) is 0 Å². The molecule has 1 heteroatoms. The van der Waals surface area contributed by atoms with Crippen LogP contribution in [0, 0.1) is 17.8 Å². The van der Waals surface area contributed by atoms with Crippen LogP contribution in [0.25, 0.3) is 0 Å². The third kappa shape index (κ3) is 1.58. The SMILES string of the molecule is CC(C)C1CN(C)C1C(C)C. The van der Waals surface area contributed by atoms with E-state index < -0.39 is 0 Å². The van der Waals surface area contributed by atoms with Crippen molar-refractivity contribution in [3.8, 4) is 0 Å². The zero-order valence-corrected chi connectivity index (χ0v) is 8.46. The minimum Gasteiger partial charge on any atom is -0.302 e. The van der Waals surface area contributed by atoms with E-state index in [4.69, 9.17) is 0 Å². The highest BCUT2D eigenvalue weighted by molar-refractivity contribution is 4.92. The molecule has 1 rings (SSSR count). The average molecular weight is 155 g/mol. The molecule has 2 atom stereocenters. The lowest BCUT2D eigenvalue weighted by molar-refractivity contribution is -0.0168. The van der Waals surface area contributed by atoms with Gasteiger partial charge >= 0.3 is 0 Å². The quantitative estimate of drug-likeness (QED) is 0.591. The van der Waals surface area contributed by atoms with Gasteiger partial charge in [0.25, 0.3) is 0 Å². The Balaban J connectivity index is 2.48. The van der Waals surface area contributed by atoms with E-state index in [1.165, 1.54) is 6.54 Å². The van der Waals surface area contributed by atoms with Crippen LogP contribution in [-0.2, 0) is 0 Å². The molecule has 0 saturated carbocycles. The Labute approximate surface area is 70.8 Å². The van der Waals surface area contributed by atoms with E-state index in [0.717, 1.165) is 23.8 Å². The Morgan fingerprint density at radius 1 is 1.09 bits per heavy atom. The van der Waals surface area contributed by atoms with Crippen LogP contribution >= 0.6 is 0 Å². The van der Waals surface area contributed by atoms with Crippen molar-refractivity contribution in [3.63, 3.8) is 0 Å². The van der Waals surface area contributed by atoms with Crippen LogP contribution in [0.3, 0.4) is 0 Å². The van der Waals surface area contributed by atoms with Gasteiger partial charge in [0.15, 0.2) is 0 Å². The number of likely N-dealkylation sites (tertiary alicyclic amines) is 1. The second-order valence-electron chi connectivity index (χ2n) is 4.58. The normalized spacial score (nSPS) is 33.0. The number of hydrogen-bond donors (Lipinski definition) is 0. The molecule has 0 bridgehead atoms. The Hall–Kier alpha value is -0.0400. The topological polar surface area (TPSA) is 3.24 Å². The van der Waals surface area contributed by atoms with Gasteiger partial charge in [-0.15, -0.1) is 0 Å². The number of nitrogens with zero attached hydrogens (tertiary/aromatic N) is 1. The molecule has 0 radical (unpaired) electrons. The summed E-state index contributed by atoms with van der Waals surface area (Å²) in [5.74, 6) is 2.62. The summed E-state index contributed by atoms with van der Waals surface area (Å²) in [4.78, 5) is 2.48. The van der Waals surface area contributed by atoms with E-state index in [9.17, 15) is 0 Å². The van der Waals surface area contributed by atoms with E-state index in [1.807, 2.05) is 0 Å². The molecule has 1 nitrogen and oxygen atoms in total. The zero-order valence-electron chi connectivity index (χ0n) is 8.46. The second-order valence-corrected chi connectivity index (χ2v) is 4.58. The van der Waals surface area contributed by atoms with Crippen molar-refractivity contribution in [2.45, 2.75) is 33.7 Å². The predicted octanol–water partition coefficient (Wildman–Crippen LogP) is 2.23. The van der Waals surface area contributed by atoms with E-state index >= 15 is 0 Å². The standard InChI is InChI=1S/C10H21N/c1-7(2)9-6-11(5)10(9)8(3)4/h7-10H,6H2,1-5H3. The van der Waals surface area contributed by atoms with Gasteiger partial charge in [-0.2, -0.15) is 0 Å². The van der Waals surface area contributed by atoms with Crippen molar-refractivity contribution in [1.82, 2.24) is 4.90 Å². The molecule has 0 aromatic carbocycles. The van der Waals surface area contributed by atoms with Crippen LogP contribution in [0.2, 0.25) is 0 Å². The van der Waals surface area contributed by atoms with Gasteiger partial charge in [0.1, 0.15) is 0 Å². The van der Waals surface area contributed by atoms with E-state index in [2.05, 4.69) is 39.6 Å². The van der Waals surface area contributed by atoms with Gasteiger partial charge in [0, 0.05) is 12.6 Å². The first-order chi connectivity index (χ1) is 5.04. The van der Waals surface area contributed by atoms with Gasteiger partial charge in [-0.25, -0.2) is 0 Å². The van der Waals surface area contributed by atoms with Crippen LogP contribution in [0.15, 0.2) is 0 Å². The lowest BCUT2D eigenvalue weighted by Gasteiger charge is -2.50. The Kier molecular flexibility index (Phi) is 2.58. The Morgan fingerprint density at radius 2 is 1.64 bits per heavy atom. The molecule has 1 aliphatic heterocycles. The maximum atomic E-state index is 2.48. The lowest BCUT2D eigenvalue weighted by atomic mass is 9.75. The van der Waals surface area contributed by atoms with Crippen molar-refractivity contribution in [2.24, 2.45) is 17.8 Å². The summed E-state index contributed by atoms with van der Waals surface area (Å²) in [5, 5.41) is 0. The monoisotopic (exact) mass is 155 g/mol. The van der Waals surface area contributed by atoms with Gasteiger partial charge in [0.2, 0.25) is 0 Å². The van der Waals surface area contributed by atoms with Crippen LogP contribution in [0.4, 0.5) is 0 Å². The Morgan fingerprint density at radius 3 is 1.82 bits per heavy atom. The van der Waals surface area contributed by atoms with Gasteiger partial charge in [-0.05, 0) is 24.8 Å². The summed E-state index contributed by atoms with van der Waals surface area (Å²) in [5.41, 5.74) is 0. The largest absolute Gasteiger partial charge is 0.302 e. The minimum atomic E-state index is 0.821. The van der Waals surface area contributed by atoms with Gasteiger partial charge in [-0.1, -0.05) is 27.7 Å². The van der Waals surface area contributed by atoms with Crippen molar-refractivity contribution in [1.29, 1.82) is 0 Å². The summed E-state index contributed by atoms with van der Waals surface area (Å²) in [6, 6.07) is 0.843. The van der Waals surface area contributed by atoms with Crippen molar-refractivity contribution >= 4 is 0 Å². The lowest BCUT2D eigenvalue weighted by Crippen LogP contribution is -2.58. The minimum absolute atomic E-state index is 0.821. The smallest absolute Gasteiger partial charge is 0.0158 e. The predicted molar refractivity (Wildman–Crippen MR) is 49.6 cm³/mol. The highest BCUT2D eigenvalue weighted by Gasteiger charge is 2.39. The van der Waals surface area contributed by atoms with Crippen LogP contribution in [0.5, 0.6) is 0 Å². The summed E-state index contributed by atoms with van der Waals surface area (Å²) in [7, 11) is 2.24. The fourth-order valence-electron chi connectivity index (χ4n) is 2.36. The summed E-state index contributed by atoms with van der Waals surface area (Å²) < 4.78 is 0. The number of rotatable bonds is 2. The third-order valence-corrected chi connectivity index (χ3v) is 2.99. The van der Waals surface area contributed by atoms with Crippen molar-refractivity contribution in [3.05, 3.63) is 0 Å². The third-order valence-electron chi connectivity index (χ3n) is 2.99. The van der Waals surface area contributed by atoms with Crippen LogP contribution in [0.1, 0.15) is 27.7 Å². The molecule has 1 fully saturated rings. The highest BCUT2D eigenvalue weighted by atomic mass is 15.2. The molecular weight excluding hydrogens is 134 g/mol. The van der Waals surface area contributed by atoms with Gasteiger partial charge < -0.3 is 4.90 Å². The molecule has 0 aromatic rings. The maximum Gasteiger partial charge on any atom is 0.0158 e. The molecule has 0 amide bonds. The molecular formula is C10H21N. The average Bonchev–Trinajstić information content (AvgIpc) is 1.80. The van der Waals surface area contributed by atoms with E-state index in [-0.39, 0.29) is 0 Å². The molecule has 1 saturated heterocycles. The van der Waals surface area contributed by atoms with E-state index in [1.54, 1.807) is 0 Å². The summed E-state index contributed by atoms with van der Waals surface area (Å²) in [6.07, 6.45) is 0. The molecule has 0 spiro atoms. The van der Waals surface area contributed by atoms with Crippen molar-refractivity contribution in [2.75, 3.05) is 13.6 Å². The molecule has 0 N–H and O–H groups in total. The molecule has 1 heterocycles. The first-order valence-electron chi connectivity index (χ1n) is 4.74. The molecule has 0 aromatic heterocycles. The zero-order chi connectivity index (χ0) is 8.59. The number of hydrogen-bond acceptors (Lipinski definition) is 1. The van der Waals surface area contributed by atoms with Crippen LogP contribution < -0.4 is 0 Å². The molecule has 11 heavy (non-hydrogen) atoms. The second kappa shape index (κ2) is 3.14. The fourth-order valence-corrected chi connectivity index (χ4v) is 2.36. The first kappa shape index (κ1) is 9.05. The van der Waals surface area contributed by atoms with E-state index in [0.29, 0.717) is 0 Å². The Bertz CT molecular complexity index is 124. The summed E-state index contributed by atoms with van der Waals surface area (Å²) in [6.45, 7) is 10.6. The maximum absolute atomic E-state index is 2.48. The highest BCUT2D eigenvalue weighted by Crippen LogP contribution is 2.33. The molecule has 66 valence electrons. The summed E-state index contributed by atoms with van der Waals surface area (Å²) >= 11 is 0. The molecule has 0 aliphatic carbocycles. The first-order valence-corrected chi connectivity index (χ1v) is 4.74. The van der Waals surface area contributed by atoms with Crippen LogP contribution in [-0.4, -0.2) is 24.5 Å². The van der Waals surface area contributed by atoms with Gasteiger partial charge in [-0.3, -0.25) is 0 Å². The molecule has 1 aliphatic rings. The van der Waals surface area contributed by atoms with Crippen molar-refractivity contribution < 1.29 is 0 Å². The fraction of sp³-hybridized carbons (Fsp3) is 1.00.